The molecule has 0 saturated carbocycles. The molecule has 0 aliphatic carbocycles. The van der Waals surface area contributed by atoms with Crippen LogP contribution >= 0.6 is 9.80 Å². The maximum atomic E-state index is 4.74. The first-order valence-corrected chi connectivity index (χ1v) is 11.9. The minimum absolute atomic E-state index is 0.994. The Morgan fingerprint density at radius 1 is 1.33 bits per heavy atom. The van der Waals surface area contributed by atoms with E-state index in [2.05, 4.69) is 11.9 Å². The van der Waals surface area contributed by atoms with Gasteiger partial charge in [-0.3, -0.25) is 0 Å². The molecule has 0 spiro atoms. The molecule has 2 heteroatoms. The van der Waals surface area contributed by atoms with E-state index in [1.54, 1.807) is 0 Å². The van der Waals surface area contributed by atoms with Crippen LogP contribution in [0.2, 0.25) is 0 Å². The van der Waals surface area contributed by atoms with E-state index in [0.29, 0.717) is 0 Å². The second-order valence-corrected chi connectivity index (χ2v) is 17.3. The van der Waals surface area contributed by atoms with Crippen molar-refractivity contribution in [3.8, 4) is 0 Å². The predicted octanol–water partition coefficient (Wildman–Crippen LogP) is -0.949. The molecule has 0 aromatic carbocycles. The summed E-state index contributed by atoms with van der Waals surface area (Å²) in [5.74, 6) is 0.994. The molecule has 1 aliphatic rings. The minimum atomic E-state index is -1.32. The van der Waals surface area contributed by atoms with Crippen LogP contribution in [0.3, 0.4) is 0 Å². The maximum absolute atomic E-state index is 4.74. The van der Waals surface area contributed by atoms with Crippen LogP contribution in [0.4, 0.5) is 0 Å². The topological polar surface area (TPSA) is 0 Å². The van der Waals surface area contributed by atoms with Gasteiger partial charge in [0.25, 0.3) is 0 Å². The van der Waals surface area contributed by atoms with Crippen molar-refractivity contribution in [1.82, 2.24) is 0 Å². The predicted molar refractivity (Wildman–Crippen MR) is 43.0 cm³/mol. The molecule has 0 bridgehead atoms. The molecule has 0 amide bonds. The molecule has 0 atom stereocenters. The Kier molecular flexibility index (Phi) is 2.72. The van der Waals surface area contributed by atoms with Crippen LogP contribution in [0.1, 0.15) is 19.8 Å². The van der Waals surface area contributed by atoms with Gasteiger partial charge in [0.2, 0.25) is 0 Å². The van der Waals surface area contributed by atoms with Crippen molar-refractivity contribution in [1.29, 1.82) is 0 Å². The molecule has 0 radical (unpaired) electrons. The number of alkyl halides is 3. The van der Waals surface area contributed by atoms with E-state index >= 15 is 0 Å². The standard InChI is InChI=1S/C7H16IS/c1-7-3-5-8(2,9)6-4-7/h7,9H,3-6H2,1-2H3/q-1. The van der Waals surface area contributed by atoms with E-state index in [1.807, 2.05) is 0 Å². The van der Waals surface area contributed by atoms with Gasteiger partial charge in [-0.15, -0.1) is 0 Å². The van der Waals surface area contributed by atoms with E-state index in [0.717, 1.165) is 5.92 Å². The van der Waals surface area contributed by atoms with Crippen LogP contribution < -0.4 is 17.0 Å². The summed E-state index contributed by atoms with van der Waals surface area (Å²) in [5, 5.41) is 0. The third-order valence-corrected chi connectivity index (χ3v) is 10.2. The molecule has 1 saturated heterocycles. The summed E-state index contributed by atoms with van der Waals surface area (Å²) < 4.78 is 2.97. The zero-order valence-electron chi connectivity index (χ0n) is 6.23. The summed E-state index contributed by atoms with van der Waals surface area (Å²) >= 11 is -1.32. The zero-order valence-corrected chi connectivity index (χ0v) is 9.28. The molecular weight excluding hydrogens is 243 g/mol. The van der Waals surface area contributed by atoms with Crippen molar-refractivity contribution in [2.45, 2.75) is 19.8 Å². The Labute approximate surface area is 66.2 Å². The molecule has 58 valence electrons. The van der Waals surface area contributed by atoms with Gasteiger partial charge in [-0.1, -0.05) is 0 Å². The molecule has 0 N–H and O–H groups in total. The Morgan fingerprint density at radius 2 is 1.78 bits per heavy atom. The van der Waals surface area contributed by atoms with Crippen LogP contribution in [0.15, 0.2) is 0 Å². The van der Waals surface area contributed by atoms with Crippen molar-refractivity contribution >= 4 is 9.80 Å². The summed E-state index contributed by atoms with van der Waals surface area (Å²) in [7, 11) is 4.74. The van der Waals surface area contributed by atoms with Gasteiger partial charge in [0, 0.05) is 0 Å². The summed E-state index contributed by atoms with van der Waals surface area (Å²) in [6.07, 6.45) is 2.91. The first-order valence-electron chi connectivity index (χ1n) is 3.48. The molecule has 1 fully saturated rings. The summed E-state index contributed by atoms with van der Waals surface area (Å²) in [6, 6.07) is 0. The van der Waals surface area contributed by atoms with Crippen LogP contribution in [0, 0.1) is 5.92 Å². The van der Waals surface area contributed by atoms with Crippen LogP contribution in [-0.4, -0.2) is 13.8 Å². The molecule has 1 aliphatic heterocycles. The Hall–Kier alpha value is 1.08. The van der Waals surface area contributed by atoms with E-state index in [1.165, 1.54) is 21.7 Å². The van der Waals surface area contributed by atoms with Gasteiger partial charge in [0.05, 0.1) is 0 Å². The van der Waals surface area contributed by atoms with Crippen molar-refractivity contribution in [3.05, 3.63) is 0 Å². The van der Waals surface area contributed by atoms with E-state index in [4.69, 9.17) is 9.80 Å². The molecule has 1 heterocycles. The number of thiol groups is 1. The number of halogens is 1. The molecule has 1 rings (SSSR count). The average molecular weight is 259 g/mol. The van der Waals surface area contributed by atoms with Crippen LogP contribution in [0.5, 0.6) is 0 Å². The van der Waals surface area contributed by atoms with Gasteiger partial charge in [-0.25, -0.2) is 0 Å². The Bertz CT molecular complexity index is 91.1. The van der Waals surface area contributed by atoms with Gasteiger partial charge >= 0.3 is 66.3 Å². The fraction of sp³-hybridized carbons (Fsp3) is 1.00. The Balaban J connectivity index is 2.35. The normalized spacial score (nSPS) is 52.1. The third-order valence-electron chi connectivity index (χ3n) is 2.02. The summed E-state index contributed by atoms with van der Waals surface area (Å²) in [5.41, 5.74) is 0. The molecule has 9 heavy (non-hydrogen) atoms. The van der Waals surface area contributed by atoms with Crippen molar-refractivity contribution in [2.24, 2.45) is 5.92 Å². The second-order valence-electron chi connectivity index (χ2n) is 3.19. The average Bonchev–Trinajstić information content (AvgIpc) is 1.78. The first-order chi connectivity index (χ1) is 4.10. The van der Waals surface area contributed by atoms with E-state index in [-0.39, 0.29) is 0 Å². The van der Waals surface area contributed by atoms with Crippen LogP contribution in [0.25, 0.3) is 0 Å². The monoisotopic (exact) mass is 259 g/mol. The molecule has 0 nitrogen and oxygen atoms in total. The first kappa shape index (κ1) is 8.18. The van der Waals surface area contributed by atoms with Gasteiger partial charge < -0.3 is 0 Å². The van der Waals surface area contributed by atoms with E-state index < -0.39 is 17.0 Å². The van der Waals surface area contributed by atoms with E-state index in [9.17, 15) is 0 Å². The molecule has 0 unspecified atom stereocenters. The third kappa shape index (κ3) is 2.66. The summed E-state index contributed by atoms with van der Waals surface area (Å²) in [6.45, 7) is 2.37. The van der Waals surface area contributed by atoms with Gasteiger partial charge in [0.15, 0.2) is 0 Å². The van der Waals surface area contributed by atoms with Crippen molar-refractivity contribution in [3.63, 3.8) is 0 Å². The zero-order chi connectivity index (χ0) is 6.91. The second kappa shape index (κ2) is 2.99. The molecular formula is C7H16IS-. The molecule has 0 aromatic heterocycles. The fourth-order valence-corrected chi connectivity index (χ4v) is 7.74. The Morgan fingerprint density at radius 3 is 2.11 bits per heavy atom. The quantitative estimate of drug-likeness (QED) is 0.324. The number of rotatable bonds is 0. The fourth-order valence-electron chi connectivity index (χ4n) is 1.08. The SMILES string of the molecule is CC1CC[I-](C)(S)CC1. The van der Waals surface area contributed by atoms with Crippen LogP contribution in [-0.2, 0) is 0 Å². The van der Waals surface area contributed by atoms with Gasteiger partial charge in [-0.05, 0) is 0 Å². The summed E-state index contributed by atoms with van der Waals surface area (Å²) in [4.78, 5) is 2.43. The van der Waals surface area contributed by atoms with Gasteiger partial charge in [0.1, 0.15) is 0 Å². The van der Waals surface area contributed by atoms with Crippen molar-refractivity contribution in [2.75, 3.05) is 13.8 Å². The van der Waals surface area contributed by atoms with Crippen molar-refractivity contribution < 1.29 is 17.0 Å². The number of hydrogen-bond donors (Lipinski definition) is 1. The van der Waals surface area contributed by atoms with Gasteiger partial charge in [-0.2, -0.15) is 0 Å². The number of hydrogen-bond acceptors (Lipinski definition) is 1. The molecule has 0 aromatic rings.